The Morgan fingerprint density at radius 3 is 2.26 bits per heavy atom. The molecule has 0 saturated heterocycles. The molecule has 1 saturated carbocycles. The molecule has 7 nitrogen and oxygen atoms in total. The van der Waals surface area contributed by atoms with Gasteiger partial charge in [-0.2, -0.15) is 0 Å². The summed E-state index contributed by atoms with van der Waals surface area (Å²) in [6, 6.07) is 16.5. The second-order valence-corrected chi connectivity index (χ2v) is 9.57. The lowest BCUT2D eigenvalue weighted by Gasteiger charge is -2.22. The van der Waals surface area contributed by atoms with Crippen molar-refractivity contribution in [1.82, 2.24) is 10.2 Å². The van der Waals surface area contributed by atoms with Gasteiger partial charge < -0.3 is 20.1 Å². The number of carboxylic acids is 1. The molecule has 186 valence electrons. The highest BCUT2D eigenvalue weighted by molar-refractivity contribution is 5.79. The fourth-order valence-corrected chi connectivity index (χ4v) is 5.49. The highest BCUT2D eigenvalue weighted by atomic mass is 16.5. The maximum atomic E-state index is 12.5. The van der Waals surface area contributed by atoms with Crippen molar-refractivity contribution in [2.45, 2.75) is 44.9 Å². The molecule has 0 bridgehead atoms. The normalized spacial score (nSPS) is 18.5. The summed E-state index contributed by atoms with van der Waals surface area (Å²) < 4.78 is 5.62. The number of ether oxygens (including phenoxy) is 1. The Morgan fingerprint density at radius 1 is 1.00 bits per heavy atom. The zero-order chi connectivity index (χ0) is 24.8. The number of aliphatic carboxylic acids is 1. The number of benzene rings is 2. The first-order chi connectivity index (χ1) is 17.0. The van der Waals surface area contributed by atoms with Crippen LogP contribution in [0, 0.1) is 11.8 Å². The molecule has 2 aliphatic rings. The van der Waals surface area contributed by atoms with Crippen molar-refractivity contribution >= 4 is 18.0 Å². The fourth-order valence-electron chi connectivity index (χ4n) is 5.49. The summed E-state index contributed by atoms with van der Waals surface area (Å²) in [6.07, 6.45) is 2.79. The molecular formula is C28H34N2O5. The van der Waals surface area contributed by atoms with Crippen LogP contribution < -0.4 is 5.32 Å². The molecule has 35 heavy (non-hydrogen) atoms. The molecule has 2 aromatic carbocycles. The minimum Gasteiger partial charge on any atom is -0.481 e. The average Bonchev–Trinajstić information content (AvgIpc) is 3.43. The van der Waals surface area contributed by atoms with Gasteiger partial charge in [0.2, 0.25) is 5.91 Å². The van der Waals surface area contributed by atoms with E-state index in [0.717, 1.165) is 19.3 Å². The number of hydrogen-bond acceptors (Lipinski definition) is 4. The molecular weight excluding hydrogens is 444 g/mol. The van der Waals surface area contributed by atoms with Gasteiger partial charge in [-0.05, 0) is 60.3 Å². The molecule has 2 amide bonds. The molecule has 4 rings (SSSR count). The minimum atomic E-state index is -0.892. The van der Waals surface area contributed by atoms with Gasteiger partial charge in [0, 0.05) is 32.0 Å². The molecule has 2 aromatic rings. The van der Waals surface area contributed by atoms with Crippen LogP contribution in [0.25, 0.3) is 11.1 Å². The van der Waals surface area contributed by atoms with Gasteiger partial charge in [0.1, 0.15) is 6.61 Å². The molecule has 0 aromatic heterocycles. The Morgan fingerprint density at radius 2 is 1.63 bits per heavy atom. The van der Waals surface area contributed by atoms with Crippen LogP contribution in [0.1, 0.15) is 56.1 Å². The third kappa shape index (κ3) is 6.02. The molecule has 1 fully saturated rings. The van der Waals surface area contributed by atoms with Crippen LogP contribution in [0.3, 0.4) is 0 Å². The topological polar surface area (TPSA) is 95.9 Å². The van der Waals surface area contributed by atoms with E-state index in [0.29, 0.717) is 32.0 Å². The fraction of sp³-hybridized carbons (Fsp3) is 0.464. The number of nitrogens with zero attached hydrogens (tertiary/aromatic N) is 1. The molecule has 2 unspecified atom stereocenters. The van der Waals surface area contributed by atoms with Gasteiger partial charge in [-0.3, -0.25) is 9.59 Å². The predicted molar refractivity (Wildman–Crippen MR) is 133 cm³/mol. The zero-order valence-electron chi connectivity index (χ0n) is 20.2. The summed E-state index contributed by atoms with van der Waals surface area (Å²) >= 11 is 0. The van der Waals surface area contributed by atoms with Crippen LogP contribution in [0.4, 0.5) is 4.79 Å². The van der Waals surface area contributed by atoms with Crippen molar-refractivity contribution in [1.29, 1.82) is 0 Å². The summed E-state index contributed by atoms with van der Waals surface area (Å²) in [5.74, 6) is -0.240. The lowest BCUT2D eigenvalue weighted by atomic mass is 9.98. The Labute approximate surface area is 206 Å². The number of carboxylic acid groups (broad SMARTS) is 1. The molecule has 7 heteroatoms. The Kier molecular flexibility index (Phi) is 8.06. The van der Waals surface area contributed by atoms with Crippen molar-refractivity contribution in [3.8, 4) is 11.1 Å². The number of rotatable bonds is 10. The summed E-state index contributed by atoms with van der Waals surface area (Å²) in [5.41, 5.74) is 4.78. The van der Waals surface area contributed by atoms with Crippen LogP contribution in [0.5, 0.6) is 0 Å². The van der Waals surface area contributed by atoms with E-state index in [9.17, 15) is 14.4 Å². The van der Waals surface area contributed by atoms with Gasteiger partial charge in [0.05, 0.1) is 6.42 Å². The highest BCUT2D eigenvalue weighted by Gasteiger charge is 2.30. The zero-order valence-corrected chi connectivity index (χ0v) is 20.2. The van der Waals surface area contributed by atoms with E-state index in [4.69, 9.17) is 9.84 Å². The maximum absolute atomic E-state index is 12.5. The number of fused-ring (bicyclic) bond motifs is 3. The Balaban J connectivity index is 1.21. The van der Waals surface area contributed by atoms with E-state index in [1.165, 1.54) is 22.3 Å². The Bertz CT molecular complexity index is 1020. The quantitative estimate of drug-likeness (QED) is 0.518. The second kappa shape index (κ2) is 11.4. The first-order valence-corrected chi connectivity index (χ1v) is 12.5. The van der Waals surface area contributed by atoms with Crippen molar-refractivity contribution in [3.05, 3.63) is 59.7 Å². The molecule has 0 aliphatic heterocycles. The third-order valence-electron chi connectivity index (χ3n) is 7.32. The van der Waals surface area contributed by atoms with Crippen LogP contribution in [0.2, 0.25) is 0 Å². The first kappa shape index (κ1) is 24.8. The molecule has 0 spiro atoms. The number of alkyl carbamates (subject to hydrolysis) is 1. The second-order valence-electron chi connectivity index (χ2n) is 9.57. The lowest BCUT2D eigenvalue weighted by molar-refractivity contribution is -0.138. The van der Waals surface area contributed by atoms with Crippen molar-refractivity contribution in [2.75, 3.05) is 26.2 Å². The van der Waals surface area contributed by atoms with Crippen LogP contribution in [0.15, 0.2) is 48.5 Å². The number of carbonyl (C=O) groups is 3. The van der Waals surface area contributed by atoms with E-state index in [2.05, 4.69) is 29.6 Å². The molecule has 0 heterocycles. The Hall–Kier alpha value is -3.35. The van der Waals surface area contributed by atoms with Crippen molar-refractivity contribution < 1.29 is 24.2 Å². The van der Waals surface area contributed by atoms with E-state index in [1.54, 1.807) is 4.90 Å². The number of hydrogen-bond donors (Lipinski definition) is 2. The SMILES string of the molecule is CCN(CCC(=O)O)C(=O)CC1CCC(CNC(=O)OCC2c3ccccc3-c3ccccc32)C1. The van der Waals surface area contributed by atoms with E-state index in [-0.39, 0.29) is 30.7 Å². The van der Waals surface area contributed by atoms with E-state index in [1.807, 2.05) is 31.2 Å². The van der Waals surface area contributed by atoms with Gasteiger partial charge in [-0.1, -0.05) is 48.5 Å². The summed E-state index contributed by atoms with van der Waals surface area (Å²) in [6.45, 7) is 3.48. The lowest BCUT2D eigenvalue weighted by Crippen LogP contribution is -2.34. The smallest absolute Gasteiger partial charge is 0.407 e. The van der Waals surface area contributed by atoms with Crippen LogP contribution in [-0.2, 0) is 14.3 Å². The van der Waals surface area contributed by atoms with Gasteiger partial charge in [-0.25, -0.2) is 4.79 Å². The van der Waals surface area contributed by atoms with Crippen LogP contribution in [-0.4, -0.2) is 54.2 Å². The largest absolute Gasteiger partial charge is 0.481 e. The minimum absolute atomic E-state index is 0.0175. The first-order valence-electron chi connectivity index (χ1n) is 12.5. The highest BCUT2D eigenvalue weighted by Crippen LogP contribution is 2.44. The van der Waals surface area contributed by atoms with Crippen LogP contribution >= 0.6 is 0 Å². The summed E-state index contributed by atoms with van der Waals surface area (Å²) in [4.78, 5) is 37.4. The predicted octanol–water partition coefficient (Wildman–Crippen LogP) is 4.65. The monoisotopic (exact) mass is 478 g/mol. The van der Waals surface area contributed by atoms with Crippen molar-refractivity contribution in [3.63, 3.8) is 0 Å². The number of carbonyl (C=O) groups excluding carboxylic acids is 2. The number of nitrogens with one attached hydrogen (secondary N) is 1. The molecule has 0 radical (unpaired) electrons. The third-order valence-corrected chi connectivity index (χ3v) is 7.32. The van der Waals surface area contributed by atoms with Gasteiger partial charge >= 0.3 is 12.1 Å². The standard InChI is InChI=1S/C28H34N2O5/c1-2-30(14-13-27(32)33)26(31)16-19-11-12-20(15-19)17-29-28(34)35-18-25-23-9-5-3-7-21(23)22-8-4-6-10-24(22)25/h3-10,19-20,25H,2,11-18H2,1H3,(H,29,34)(H,32,33). The summed E-state index contributed by atoms with van der Waals surface area (Å²) in [7, 11) is 0. The van der Waals surface area contributed by atoms with E-state index < -0.39 is 12.1 Å². The van der Waals surface area contributed by atoms with E-state index >= 15 is 0 Å². The number of amides is 2. The maximum Gasteiger partial charge on any atom is 0.407 e. The molecule has 2 N–H and O–H groups in total. The molecule has 2 atom stereocenters. The summed E-state index contributed by atoms with van der Waals surface area (Å²) in [5, 5.41) is 11.8. The van der Waals surface area contributed by atoms with Gasteiger partial charge in [0.15, 0.2) is 0 Å². The van der Waals surface area contributed by atoms with Gasteiger partial charge in [0.25, 0.3) is 0 Å². The molecule has 2 aliphatic carbocycles. The van der Waals surface area contributed by atoms with Gasteiger partial charge in [-0.15, -0.1) is 0 Å². The van der Waals surface area contributed by atoms with Crippen molar-refractivity contribution in [2.24, 2.45) is 11.8 Å². The average molecular weight is 479 g/mol.